The number of nitrogens with zero attached hydrogens (tertiary/aromatic N) is 1. The van der Waals surface area contributed by atoms with Gasteiger partial charge in [-0.05, 0) is 60.5 Å². The topological polar surface area (TPSA) is 37.4 Å². The summed E-state index contributed by atoms with van der Waals surface area (Å²) in [6.45, 7) is 3.77. The number of aryl methyl sites for hydroxylation is 1. The maximum Gasteiger partial charge on any atom is 0.298 e. The largest absolute Gasteiger partial charge is 0.298 e. The summed E-state index contributed by atoms with van der Waals surface area (Å²) in [5, 5.41) is -0.254. The molecule has 116 valence electrons. The third kappa shape index (κ3) is 2.99. The van der Waals surface area contributed by atoms with Gasteiger partial charge in [-0.1, -0.05) is 46.3 Å². The number of para-hydroxylation sites is 1. The lowest BCUT2D eigenvalue weighted by Crippen LogP contribution is -2.28. The van der Waals surface area contributed by atoms with Crippen molar-refractivity contribution in [3.8, 4) is 0 Å². The average Bonchev–Trinajstić information content (AvgIpc) is 2.83. The predicted octanol–water partition coefficient (Wildman–Crippen LogP) is 5.39. The van der Waals surface area contributed by atoms with Crippen LogP contribution in [0.1, 0.15) is 18.1 Å². The van der Waals surface area contributed by atoms with Gasteiger partial charge in [0.15, 0.2) is 0 Å². The maximum absolute atomic E-state index is 12.8. The molecule has 2 amide bonds. The van der Waals surface area contributed by atoms with Gasteiger partial charge in [-0.25, -0.2) is 4.90 Å². The van der Waals surface area contributed by atoms with Crippen LogP contribution in [0, 0.1) is 6.92 Å². The number of allylic oxidation sites excluding steroid dienone is 1. The van der Waals surface area contributed by atoms with Gasteiger partial charge in [0, 0.05) is 4.47 Å². The zero-order valence-corrected chi connectivity index (χ0v) is 15.1. The SMILES string of the molecule is C/C(=C1/SC(=O)N(c2ccccc2C)C1=O)c1ccc(Br)cc1. The average molecular weight is 388 g/mol. The second-order valence-electron chi connectivity index (χ2n) is 5.26. The Kier molecular flexibility index (Phi) is 4.41. The molecule has 0 aliphatic carbocycles. The quantitative estimate of drug-likeness (QED) is 0.648. The van der Waals surface area contributed by atoms with Crippen molar-refractivity contribution in [1.29, 1.82) is 0 Å². The van der Waals surface area contributed by atoms with Crippen LogP contribution < -0.4 is 4.90 Å². The van der Waals surface area contributed by atoms with Crippen molar-refractivity contribution in [1.82, 2.24) is 0 Å². The molecule has 3 rings (SSSR count). The van der Waals surface area contributed by atoms with E-state index in [0.29, 0.717) is 10.6 Å². The first kappa shape index (κ1) is 16.0. The van der Waals surface area contributed by atoms with Crippen LogP contribution in [0.5, 0.6) is 0 Å². The second-order valence-corrected chi connectivity index (χ2v) is 7.13. The molecule has 0 atom stereocenters. The highest BCUT2D eigenvalue weighted by molar-refractivity contribution is 9.10. The van der Waals surface area contributed by atoms with Gasteiger partial charge in [-0.15, -0.1) is 0 Å². The highest BCUT2D eigenvalue weighted by Crippen LogP contribution is 2.39. The molecule has 1 aliphatic heterocycles. The van der Waals surface area contributed by atoms with E-state index in [1.54, 1.807) is 6.07 Å². The van der Waals surface area contributed by atoms with Crippen molar-refractivity contribution < 1.29 is 9.59 Å². The zero-order chi connectivity index (χ0) is 16.6. The van der Waals surface area contributed by atoms with Gasteiger partial charge in [0.25, 0.3) is 11.1 Å². The van der Waals surface area contributed by atoms with Crippen molar-refractivity contribution in [2.24, 2.45) is 0 Å². The third-order valence-corrected chi connectivity index (χ3v) is 5.31. The molecule has 0 unspecified atom stereocenters. The Morgan fingerprint density at radius 3 is 2.35 bits per heavy atom. The highest BCUT2D eigenvalue weighted by Gasteiger charge is 2.38. The fourth-order valence-corrected chi connectivity index (χ4v) is 3.61. The van der Waals surface area contributed by atoms with Gasteiger partial charge < -0.3 is 0 Å². The molecule has 0 aromatic heterocycles. The van der Waals surface area contributed by atoms with Crippen molar-refractivity contribution in [3.05, 3.63) is 69.0 Å². The van der Waals surface area contributed by atoms with Gasteiger partial charge in [0.1, 0.15) is 0 Å². The molecule has 0 bridgehead atoms. The van der Waals surface area contributed by atoms with Gasteiger partial charge in [-0.2, -0.15) is 0 Å². The van der Waals surface area contributed by atoms with Crippen LogP contribution in [0.3, 0.4) is 0 Å². The molecule has 5 heteroatoms. The zero-order valence-electron chi connectivity index (χ0n) is 12.7. The Bertz CT molecular complexity index is 827. The van der Waals surface area contributed by atoms with E-state index in [9.17, 15) is 9.59 Å². The summed E-state index contributed by atoms with van der Waals surface area (Å²) < 4.78 is 0.974. The summed E-state index contributed by atoms with van der Waals surface area (Å²) >= 11 is 4.39. The van der Waals surface area contributed by atoms with E-state index in [4.69, 9.17) is 0 Å². The lowest BCUT2D eigenvalue weighted by Gasteiger charge is -2.15. The number of thioether (sulfide) groups is 1. The minimum atomic E-state index is -0.255. The van der Waals surface area contributed by atoms with Crippen LogP contribution in [0.25, 0.3) is 5.57 Å². The molecule has 23 heavy (non-hydrogen) atoms. The van der Waals surface area contributed by atoms with E-state index in [1.807, 2.05) is 56.3 Å². The second kappa shape index (κ2) is 6.34. The Labute approximate surface area is 147 Å². The van der Waals surface area contributed by atoms with Gasteiger partial charge in [-0.3, -0.25) is 9.59 Å². The molecule has 1 heterocycles. The summed E-state index contributed by atoms with van der Waals surface area (Å²) in [5.74, 6) is -0.255. The Balaban J connectivity index is 2.03. The van der Waals surface area contributed by atoms with Crippen LogP contribution in [-0.4, -0.2) is 11.1 Å². The van der Waals surface area contributed by atoms with Crippen molar-refractivity contribution >= 4 is 50.1 Å². The number of carbonyl (C=O) groups is 2. The van der Waals surface area contributed by atoms with E-state index in [0.717, 1.165) is 32.9 Å². The predicted molar refractivity (Wildman–Crippen MR) is 98.4 cm³/mol. The lowest BCUT2D eigenvalue weighted by molar-refractivity contribution is -0.113. The van der Waals surface area contributed by atoms with Crippen LogP contribution in [-0.2, 0) is 4.79 Å². The number of anilines is 1. The standard InChI is InChI=1S/C18H14BrNO2S/c1-11-5-3-4-6-15(11)20-17(21)16(23-18(20)22)12(2)13-7-9-14(19)10-8-13/h3-10H,1-2H3/b16-12-. The summed E-state index contributed by atoms with van der Waals surface area (Å²) in [6.07, 6.45) is 0. The van der Waals surface area contributed by atoms with Crippen LogP contribution in [0.2, 0.25) is 0 Å². The van der Waals surface area contributed by atoms with E-state index >= 15 is 0 Å². The van der Waals surface area contributed by atoms with Gasteiger partial charge in [0.05, 0.1) is 10.6 Å². The number of carbonyl (C=O) groups excluding carboxylic acids is 2. The number of amides is 2. The molecule has 0 N–H and O–H groups in total. The van der Waals surface area contributed by atoms with Crippen molar-refractivity contribution in [2.45, 2.75) is 13.8 Å². The summed E-state index contributed by atoms with van der Waals surface area (Å²) in [7, 11) is 0. The van der Waals surface area contributed by atoms with Crippen LogP contribution in [0.15, 0.2) is 57.9 Å². The number of hydrogen-bond donors (Lipinski definition) is 0. The summed E-state index contributed by atoms with van der Waals surface area (Å²) in [5.41, 5.74) is 3.30. The number of halogens is 1. The van der Waals surface area contributed by atoms with E-state index in [-0.39, 0.29) is 11.1 Å². The first-order valence-electron chi connectivity index (χ1n) is 7.08. The smallest absolute Gasteiger partial charge is 0.268 e. The van der Waals surface area contributed by atoms with Gasteiger partial charge >= 0.3 is 0 Å². The highest BCUT2D eigenvalue weighted by atomic mass is 79.9. The number of imide groups is 1. The maximum atomic E-state index is 12.8. The van der Waals surface area contributed by atoms with Gasteiger partial charge in [0.2, 0.25) is 0 Å². The molecule has 2 aromatic carbocycles. The van der Waals surface area contributed by atoms with Crippen molar-refractivity contribution in [3.63, 3.8) is 0 Å². The fraction of sp³-hybridized carbons (Fsp3) is 0.111. The summed E-state index contributed by atoms with van der Waals surface area (Å²) in [4.78, 5) is 26.9. The van der Waals surface area contributed by atoms with E-state index in [2.05, 4.69) is 15.9 Å². The molecule has 2 aromatic rings. The summed E-state index contributed by atoms with van der Waals surface area (Å²) in [6, 6.07) is 15.1. The molecule has 0 saturated carbocycles. The third-order valence-electron chi connectivity index (χ3n) is 3.74. The Hall–Kier alpha value is -1.85. The van der Waals surface area contributed by atoms with E-state index < -0.39 is 0 Å². The van der Waals surface area contributed by atoms with Crippen molar-refractivity contribution in [2.75, 3.05) is 4.90 Å². The molecule has 3 nitrogen and oxygen atoms in total. The lowest BCUT2D eigenvalue weighted by atomic mass is 10.1. The number of hydrogen-bond acceptors (Lipinski definition) is 3. The van der Waals surface area contributed by atoms with Crippen LogP contribution >= 0.6 is 27.7 Å². The Morgan fingerprint density at radius 2 is 1.70 bits per heavy atom. The Morgan fingerprint density at radius 1 is 1.04 bits per heavy atom. The number of rotatable bonds is 2. The molecule has 0 radical (unpaired) electrons. The molecule has 1 saturated heterocycles. The molecule has 0 spiro atoms. The van der Waals surface area contributed by atoms with E-state index in [1.165, 1.54) is 4.90 Å². The normalized spacial score (nSPS) is 16.9. The minimum Gasteiger partial charge on any atom is -0.268 e. The first-order chi connectivity index (χ1) is 11.0. The van der Waals surface area contributed by atoms with Crippen LogP contribution in [0.4, 0.5) is 10.5 Å². The molecule has 1 fully saturated rings. The monoisotopic (exact) mass is 387 g/mol. The fourth-order valence-electron chi connectivity index (χ4n) is 2.45. The minimum absolute atomic E-state index is 0.254. The first-order valence-corrected chi connectivity index (χ1v) is 8.68. The molecular formula is C18H14BrNO2S. The molecule has 1 aliphatic rings. The molecular weight excluding hydrogens is 374 g/mol. The number of benzene rings is 2.